The summed E-state index contributed by atoms with van der Waals surface area (Å²) in [6, 6.07) is 6.77. The lowest BCUT2D eigenvalue weighted by atomic mass is 10.2. The van der Waals surface area contributed by atoms with E-state index in [9.17, 15) is 8.42 Å². The summed E-state index contributed by atoms with van der Waals surface area (Å²) in [6.07, 6.45) is 0.887. The molecule has 1 aromatic rings. The van der Waals surface area contributed by atoms with Crippen LogP contribution in [0.2, 0.25) is 0 Å². The molecule has 4 nitrogen and oxygen atoms in total. The van der Waals surface area contributed by atoms with Crippen LogP contribution in [0.4, 0.5) is 0 Å². The molecule has 1 N–H and O–H groups in total. The Morgan fingerprint density at radius 3 is 2.29 bits per heavy atom. The Hall–Kier alpha value is -0.910. The van der Waals surface area contributed by atoms with E-state index in [0.717, 1.165) is 12.0 Å². The van der Waals surface area contributed by atoms with Gasteiger partial charge in [-0.3, -0.25) is 4.84 Å². The molecule has 0 unspecified atom stereocenters. The van der Waals surface area contributed by atoms with Gasteiger partial charge in [-0.15, -0.1) is 0 Å². The molecule has 0 bridgehead atoms. The zero-order valence-electron chi connectivity index (χ0n) is 10.4. The predicted octanol–water partition coefficient (Wildman–Crippen LogP) is 2.11. The van der Waals surface area contributed by atoms with Gasteiger partial charge < -0.3 is 0 Å². The molecule has 17 heavy (non-hydrogen) atoms. The highest BCUT2D eigenvalue weighted by Gasteiger charge is 2.13. The van der Waals surface area contributed by atoms with Crippen molar-refractivity contribution in [3.8, 4) is 0 Å². The van der Waals surface area contributed by atoms with Gasteiger partial charge in [-0.2, -0.15) is 0 Å². The van der Waals surface area contributed by atoms with Crippen molar-refractivity contribution in [1.29, 1.82) is 0 Å². The molecule has 0 aliphatic rings. The molecule has 0 amide bonds. The quantitative estimate of drug-likeness (QED) is 0.794. The minimum atomic E-state index is -3.55. The molecular formula is C12H19NO3S. The van der Waals surface area contributed by atoms with E-state index in [-0.39, 0.29) is 10.8 Å². The first-order chi connectivity index (χ1) is 7.95. The molecule has 0 saturated carbocycles. The topological polar surface area (TPSA) is 55.4 Å². The van der Waals surface area contributed by atoms with E-state index in [1.54, 1.807) is 24.3 Å². The number of benzene rings is 1. The van der Waals surface area contributed by atoms with Gasteiger partial charge in [0, 0.05) is 0 Å². The lowest BCUT2D eigenvalue weighted by molar-refractivity contribution is 0.0719. The number of aryl methyl sites for hydroxylation is 1. The first kappa shape index (κ1) is 14.2. The maximum Gasteiger partial charge on any atom is 0.262 e. The second-order valence-electron chi connectivity index (χ2n) is 4.29. The number of sulfonamides is 1. The van der Waals surface area contributed by atoms with Gasteiger partial charge in [-0.1, -0.05) is 37.8 Å². The second kappa shape index (κ2) is 6.14. The molecule has 0 saturated heterocycles. The van der Waals surface area contributed by atoms with Crippen molar-refractivity contribution in [1.82, 2.24) is 4.89 Å². The smallest absolute Gasteiger partial charge is 0.262 e. The maximum absolute atomic E-state index is 11.8. The molecule has 1 aromatic carbocycles. The van der Waals surface area contributed by atoms with Crippen LogP contribution in [0.25, 0.3) is 0 Å². The van der Waals surface area contributed by atoms with Crippen molar-refractivity contribution < 1.29 is 13.3 Å². The van der Waals surface area contributed by atoms with Crippen molar-refractivity contribution in [2.75, 3.05) is 6.61 Å². The first-order valence-electron chi connectivity index (χ1n) is 5.68. The molecule has 0 aromatic heterocycles. The van der Waals surface area contributed by atoms with Crippen molar-refractivity contribution in [2.24, 2.45) is 5.92 Å². The van der Waals surface area contributed by atoms with Gasteiger partial charge in [0.25, 0.3) is 10.0 Å². The van der Waals surface area contributed by atoms with Crippen molar-refractivity contribution >= 4 is 10.0 Å². The summed E-state index contributed by atoms with van der Waals surface area (Å²) in [7, 11) is -3.55. The third-order valence-electron chi connectivity index (χ3n) is 2.23. The molecule has 96 valence electrons. The lowest BCUT2D eigenvalue weighted by Gasteiger charge is -2.09. The van der Waals surface area contributed by atoms with E-state index >= 15 is 0 Å². The highest BCUT2D eigenvalue weighted by molar-refractivity contribution is 7.89. The zero-order valence-corrected chi connectivity index (χ0v) is 11.3. The number of nitrogens with one attached hydrogen (secondary N) is 1. The lowest BCUT2D eigenvalue weighted by Crippen LogP contribution is -2.25. The van der Waals surface area contributed by atoms with E-state index in [4.69, 9.17) is 4.84 Å². The van der Waals surface area contributed by atoms with Crippen LogP contribution in [0.5, 0.6) is 0 Å². The van der Waals surface area contributed by atoms with E-state index in [1.165, 1.54) is 0 Å². The van der Waals surface area contributed by atoms with Crippen LogP contribution in [0.1, 0.15) is 26.3 Å². The summed E-state index contributed by atoms with van der Waals surface area (Å²) in [5.74, 6) is 0.278. The predicted molar refractivity (Wildman–Crippen MR) is 66.9 cm³/mol. The Morgan fingerprint density at radius 2 is 1.82 bits per heavy atom. The summed E-state index contributed by atoms with van der Waals surface area (Å²) in [6.45, 7) is 6.27. The average Bonchev–Trinajstić information content (AvgIpc) is 2.28. The Bertz CT molecular complexity index is 437. The monoisotopic (exact) mass is 257 g/mol. The second-order valence-corrected chi connectivity index (χ2v) is 5.93. The largest absolute Gasteiger partial charge is 0.287 e. The van der Waals surface area contributed by atoms with E-state index in [1.807, 2.05) is 20.8 Å². The Balaban J connectivity index is 2.68. The van der Waals surface area contributed by atoms with Crippen LogP contribution in [0.3, 0.4) is 0 Å². The Morgan fingerprint density at radius 1 is 1.24 bits per heavy atom. The van der Waals surface area contributed by atoms with Gasteiger partial charge in [0.2, 0.25) is 0 Å². The van der Waals surface area contributed by atoms with Crippen LogP contribution in [0.15, 0.2) is 29.2 Å². The van der Waals surface area contributed by atoms with Gasteiger partial charge >= 0.3 is 0 Å². The van der Waals surface area contributed by atoms with Gasteiger partial charge in [0.15, 0.2) is 0 Å². The normalized spacial score (nSPS) is 12.0. The zero-order chi connectivity index (χ0) is 12.9. The van der Waals surface area contributed by atoms with Gasteiger partial charge in [-0.05, 0) is 30.0 Å². The van der Waals surface area contributed by atoms with E-state index < -0.39 is 10.0 Å². The number of hydrogen-bond acceptors (Lipinski definition) is 3. The standard InChI is InChI=1S/C12H19NO3S/c1-4-11-5-7-12(8-6-11)17(14,15)13-16-9-10(2)3/h5-8,10,13H,4,9H2,1-3H3. The summed E-state index contributed by atoms with van der Waals surface area (Å²) < 4.78 is 23.6. The fourth-order valence-corrected chi connectivity index (χ4v) is 2.04. The summed E-state index contributed by atoms with van der Waals surface area (Å²) >= 11 is 0. The van der Waals surface area contributed by atoms with E-state index in [0.29, 0.717) is 6.61 Å². The van der Waals surface area contributed by atoms with Crippen LogP contribution >= 0.6 is 0 Å². The van der Waals surface area contributed by atoms with Crippen molar-refractivity contribution in [3.63, 3.8) is 0 Å². The summed E-state index contributed by atoms with van der Waals surface area (Å²) in [5, 5.41) is 0. The number of hydrogen-bond donors (Lipinski definition) is 1. The minimum absolute atomic E-state index is 0.221. The maximum atomic E-state index is 11.8. The fraction of sp³-hybridized carbons (Fsp3) is 0.500. The molecule has 0 fully saturated rings. The molecule has 0 aliphatic heterocycles. The van der Waals surface area contributed by atoms with Crippen LogP contribution in [0, 0.1) is 5.92 Å². The SMILES string of the molecule is CCc1ccc(S(=O)(=O)NOCC(C)C)cc1. The molecule has 0 atom stereocenters. The van der Waals surface area contributed by atoms with Crippen molar-refractivity contribution in [3.05, 3.63) is 29.8 Å². The molecule has 5 heteroatoms. The summed E-state index contributed by atoms with van der Waals surface area (Å²) in [5.41, 5.74) is 1.10. The third kappa shape index (κ3) is 4.46. The van der Waals surface area contributed by atoms with Gasteiger partial charge in [0.1, 0.15) is 0 Å². The van der Waals surface area contributed by atoms with Crippen LogP contribution in [-0.2, 0) is 21.3 Å². The highest BCUT2D eigenvalue weighted by Crippen LogP contribution is 2.10. The molecular weight excluding hydrogens is 238 g/mol. The third-order valence-corrected chi connectivity index (χ3v) is 3.46. The molecule has 0 aliphatic carbocycles. The molecule has 0 radical (unpaired) electrons. The first-order valence-corrected chi connectivity index (χ1v) is 7.16. The van der Waals surface area contributed by atoms with Gasteiger partial charge in [-0.25, -0.2) is 8.42 Å². The summed E-state index contributed by atoms with van der Waals surface area (Å²) in [4.78, 5) is 7.27. The van der Waals surface area contributed by atoms with E-state index in [2.05, 4.69) is 4.89 Å². The van der Waals surface area contributed by atoms with Gasteiger partial charge in [0.05, 0.1) is 11.5 Å². The Labute approximate surface area is 103 Å². The number of rotatable bonds is 6. The molecule has 1 rings (SSSR count). The highest BCUT2D eigenvalue weighted by atomic mass is 32.2. The van der Waals surface area contributed by atoms with Crippen molar-refractivity contribution in [2.45, 2.75) is 32.1 Å². The van der Waals surface area contributed by atoms with Crippen LogP contribution < -0.4 is 4.89 Å². The van der Waals surface area contributed by atoms with Crippen LogP contribution in [-0.4, -0.2) is 15.0 Å². The minimum Gasteiger partial charge on any atom is -0.287 e. The Kier molecular flexibility index (Phi) is 5.11. The molecule has 0 spiro atoms. The molecule has 0 heterocycles. The average molecular weight is 257 g/mol. The fourth-order valence-electron chi connectivity index (χ4n) is 1.23.